The van der Waals surface area contributed by atoms with Crippen LogP contribution in [0.4, 0.5) is 0 Å². The van der Waals surface area contributed by atoms with Crippen LogP contribution >= 0.6 is 0 Å². The van der Waals surface area contributed by atoms with Crippen molar-refractivity contribution in [3.05, 3.63) is 59.3 Å². The molecule has 0 aliphatic heterocycles. The van der Waals surface area contributed by atoms with E-state index < -0.39 is 17.8 Å². The van der Waals surface area contributed by atoms with Gasteiger partial charge in [0.05, 0.1) is 30.5 Å². The molecule has 0 radical (unpaired) electrons. The molecule has 31 heavy (non-hydrogen) atoms. The molecule has 3 N–H and O–H groups in total. The molecule has 0 aromatic carbocycles. The molecule has 5 atom stereocenters. The van der Waals surface area contributed by atoms with Crippen molar-refractivity contribution in [2.75, 3.05) is 6.61 Å². The average Bonchev–Trinajstić information content (AvgIpc) is 3.03. The molecule has 3 aliphatic carbocycles. The zero-order valence-corrected chi connectivity index (χ0v) is 19.6. The first kappa shape index (κ1) is 24.2. The summed E-state index contributed by atoms with van der Waals surface area (Å²) in [6.45, 7) is 12.5. The molecule has 0 unspecified atom stereocenters. The zero-order valence-electron chi connectivity index (χ0n) is 19.6. The molecule has 2 saturated carbocycles. The van der Waals surface area contributed by atoms with Crippen LogP contribution < -0.4 is 0 Å². The van der Waals surface area contributed by atoms with Gasteiger partial charge in [0.25, 0.3) is 0 Å². The molecule has 3 aliphatic rings. The Morgan fingerprint density at radius 3 is 2.77 bits per heavy atom. The summed E-state index contributed by atoms with van der Waals surface area (Å²) in [4.78, 5) is 0. The van der Waals surface area contributed by atoms with Crippen molar-refractivity contribution in [2.45, 2.75) is 90.1 Å². The van der Waals surface area contributed by atoms with E-state index in [2.05, 4.69) is 38.7 Å². The fraction of sp³-hybridized carbons (Fsp3) is 0.630. The van der Waals surface area contributed by atoms with Crippen LogP contribution in [0.15, 0.2) is 59.3 Å². The number of allylic oxidation sites excluding steroid dienone is 4. The number of hydrogen-bond acceptors (Lipinski definition) is 4. The Bertz CT molecular complexity index is 795. The van der Waals surface area contributed by atoms with Crippen molar-refractivity contribution in [3.63, 3.8) is 0 Å². The van der Waals surface area contributed by atoms with E-state index in [1.165, 1.54) is 11.1 Å². The topological polar surface area (TPSA) is 69.9 Å². The number of fused-ring (bicyclic) bond motifs is 1. The van der Waals surface area contributed by atoms with Gasteiger partial charge < -0.3 is 20.1 Å². The molecule has 0 aromatic rings. The third-order valence-corrected chi connectivity index (χ3v) is 7.28. The van der Waals surface area contributed by atoms with E-state index >= 15 is 0 Å². The van der Waals surface area contributed by atoms with Crippen LogP contribution in [0.25, 0.3) is 0 Å². The van der Waals surface area contributed by atoms with Crippen LogP contribution in [-0.2, 0) is 4.74 Å². The van der Waals surface area contributed by atoms with Crippen molar-refractivity contribution in [1.29, 1.82) is 0 Å². The third-order valence-electron chi connectivity index (χ3n) is 7.28. The molecule has 4 heteroatoms. The van der Waals surface area contributed by atoms with Crippen LogP contribution in [-0.4, -0.2) is 45.8 Å². The number of aliphatic hydroxyl groups excluding tert-OH is 2. The molecule has 0 amide bonds. The first-order valence-corrected chi connectivity index (χ1v) is 11.7. The minimum Gasteiger partial charge on any atom is -0.393 e. The lowest BCUT2D eigenvalue weighted by atomic mass is 9.63. The predicted octanol–water partition coefficient (Wildman–Crippen LogP) is 4.78. The van der Waals surface area contributed by atoms with Gasteiger partial charge in [-0.15, -0.1) is 0 Å². The molecule has 0 aromatic heterocycles. The molecule has 0 bridgehead atoms. The lowest BCUT2D eigenvalue weighted by molar-refractivity contribution is 0.0836. The van der Waals surface area contributed by atoms with E-state index in [9.17, 15) is 15.3 Å². The van der Waals surface area contributed by atoms with Gasteiger partial charge in [-0.3, -0.25) is 0 Å². The van der Waals surface area contributed by atoms with E-state index in [4.69, 9.17) is 4.74 Å². The Hall–Kier alpha value is -1.46. The maximum Gasteiger partial charge on any atom is 0.0811 e. The van der Waals surface area contributed by atoms with Crippen molar-refractivity contribution in [2.24, 2.45) is 11.3 Å². The predicted molar refractivity (Wildman–Crippen MR) is 126 cm³/mol. The Balaban J connectivity index is 1.70. The van der Waals surface area contributed by atoms with Crippen molar-refractivity contribution < 1.29 is 20.1 Å². The maximum atomic E-state index is 10.1. The summed E-state index contributed by atoms with van der Waals surface area (Å²) in [5, 5.41) is 29.9. The Labute approximate surface area is 187 Å². The first-order chi connectivity index (χ1) is 14.5. The van der Waals surface area contributed by atoms with Crippen molar-refractivity contribution in [3.8, 4) is 0 Å². The number of aliphatic hydroxyl groups is 3. The number of rotatable bonds is 6. The fourth-order valence-corrected chi connectivity index (χ4v) is 5.57. The second-order valence-corrected chi connectivity index (χ2v) is 10.3. The van der Waals surface area contributed by atoms with Crippen LogP contribution in [0, 0.1) is 11.3 Å². The van der Waals surface area contributed by atoms with Gasteiger partial charge in [0.2, 0.25) is 0 Å². The second-order valence-electron chi connectivity index (χ2n) is 10.3. The van der Waals surface area contributed by atoms with Gasteiger partial charge >= 0.3 is 0 Å². The summed E-state index contributed by atoms with van der Waals surface area (Å²) >= 11 is 0. The van der Waals surface area contributed by atoms with E-state index in [1.807, 2.05) is 6.08 Å². The third kappa shape index (κ3) is 5.67. The molecule has 0 spiro atoms. The summed E-state index contributed by atoms with van der Waals surface area (Å²) in [7, 11) is 0. The highest BCUT2D eigenvalue weighted by Crippen LogP contribution is 2.55. The summed E-state index contributed by atoms with van der Waals surface area (Å²) in [6, 6.07) is 0. The molecule has 0 heterocycles. The molecule has 4 nitrogen and oxygen atoms in total. The fourth-order valence-electron chi connectivity index (χ4n) is 5.57. The molecular weight excluding hydrogens is 388 g/mol. The van der Waals surface area contributed by atoms with E-state index in [0.717, 1.165) is 36.8 Å². The molecule has 0 saturated heterocycles. The van der Waals surface area contributed by atoms with Gasteiger partial charge in [0.15, 0.2) is 0 Å². The van der Waals surface area contributed by atoms with Crippen LogP contribution in [0.5, 0.6) is 0 Å². The van der Waals surface area contributed by atoms with E-state index in [-0.39, 0.29) is 11.5 Å². The summed E-state index contributed by atoms with van der Waals surface area (Å²) in [5.41, 5.74) is 3.83. The van der Waals surface area contributed by atoms with Gasteiger partial charge in [-0.05, 0) is 80.9 Å². The highest BCUT2D eigenvalue weighted by Gasteiger charge is 2.46. The second kappa shape index (κ2) is 9.58. The standard InChI is InChI=1S/C27H40O4/c1-18-21(16-22(28)17-25(18)29)10-9-20-8-6-14-27(5)23(11-12-24(20)27)19(2)31-15-7-13-26(3,4)30/h7,9-11,13,19,22,24-25,28-30H,1,6,8,12,14-17H2,2-5H3/b13-7+,20-9?,21-10?/t19-,22+,24-,25-,27+/m0/s1. The van der Waals surface area contributed by atoms with Crippen LogP contribution in [0.3, 0.4) is 0 Å². The SMILES string of the molecule is C=C1C(=CC=C2CCC[C@]3(C)C([C@H](C)OC/C=C/C(C)(C)O)=CC[C@@H]23)C[C@@H](O)C[C@@H]1O. The lowest BCUT2D eigenvalue weighted by Crippen LogP contribution is -2.34. The molecule has 2 fully saturated rings. The minimum absolute atomic E-state index is 0.0441. The Morgan fingerprint density at radius 1 is 1.32 bits per heavy atom. The van der Waals surface area contributed by atoms with Crippen molar-refractivity contribution in [1.82, 2.24) is 0 Å². The Morgan fingerprint density at radius 2 is 2.06 bits per heavy atom. The normalized spacial score (nSPS) is 35.6. The number of hydrogen-bond donors (Lipinski definition) is 3. The van der Waals surface area contributed by atoms with Gasteiger partial charge in [0, 0.05) is 6.42 Å². The van der Waals surface area contributed by atoms with Gasteiger partial charge in [-0.1, -0.05) is 49.5 Å². The molecule has 172 valence electrons. The minimum atomic E-state index is -0.816. The van der Waals surface area contributed by atoms with Gasteiger partial charge in [-0.25, -0.2) is 0 Å². The van der Waals surface area contributed by atoms with E-state index in [0.29, 0.717) is 25.4 Å². The first-order valence-electron chi connectivity index (χ1n) is 11.7. The Kier molecular flexibility index (Phi) is 7.47. The van der Waals surface area contributed by atoms with E-state index in [1.54, 1.807) is 19.9 Å². The monoisotopic (exact) mass is 428 g/mol. The average molecular weight is 429 g/mol. The largest absolute Gasteiger partial charge is 0.393 e. The summed E-state index contributed by atoms with van der Waals surface area (Å²) in [5.74, 6) is 0.470. The smallest absolute Gasteiger partial charge is 0.0811 e. The van der Waals surface area contributed by atoms with Crippen LogP contribution in [0.1, 0.15) is 66.2 Å². The maximum absolute atomic E-state index is 10.1. The molecule has 3 rings (SSSR count). The lowest BCUT2D eigenvalue weighted by Gasteiger charge is -2.42. The highest BCUT2D eigenvalue weighted by molar-refractivity contribution is 5.40. The summed E-state index contributed by atoms with van der Waals surface area (Å²) < 4.78 is 6.10. The summed E-state index contributed by atoms with van der Waals surface area (Å²) in [6.07, 6.45) is 14.6. The van der Waals surface area contributed by atoms with Gasteiger partial charge in [0.1, 0.15) is 0 Å². The molecular formula is C27H40O4. The highest BCUT2D eigenvalue weighted by atomic mass is 16.5. The van der Waals surface area contributed by atoms with Gasteiger partial charge in [-0.2, -0.15) is 0 Å². The quantitative estimate of drug-likeness (QED) is 0.533. The van der Waals surface area contributed by atoms with Crippen molar-refractivity contribution >= 4 is 0 Å². The number of ether oxygens (including phenoxy) is 1. The van der Waals surface area contributed by atoms with Crippen LogP contribution in [0.2, 0.25) is 0 Å². The zero-order chi connectivity index (χ0) is 22.8.